The van der Waals surface area contributed by atoms with Crippen LogP contribution in [-0.4, -0.2) is 26.9 Å². The van der Waals surface area contributed by atoms with Gasteiger partial charge in [-0.1, -0.05) is 0 Å². The van der Waals surface area contributed by atoms with Crippen molar-refractivity contribution < 1.29 is 9.53 Å². The van der Waals surface area contributed by atoms with E-state index >= 15 is 0 Å². The van der Waals surface area contributed by atoms with Gasteiger partial charge in [0.05, 0.1) is 6.20 Å². The van der Waals surface area contributed by atoms with Crippen molar-refractivity contribution in [2.45, 2.75) is 39.5 Å². The number of hydrogen-bond acceptors (Lipinski definition) is 4. The van der Waals surface area contributed by atoms with Gasteiger partial charge in [0.15, 0.2) is 0 Å². The predicted octanol–water partition coefficient (Wildman–Crippen LogP) is 2.37. The van der Waals surface area contributed by atoms with Gasteiger partial charge in [0.1, 0.15) is 11.4 Å². The maximum Gasteiger partial charge on any atom is 0.413 e. The molecule has 0 saturated carbocycles. The first-order valence-corrected chi connectivity index (χ1v) is 6.79. The third-order valence-corrected chi connectivity index (χ3v) is 2.64. The minimum absolute atomic E-state index is 0.502. The molecule has 0 aromatic carbocycles. The van der Waals surface area contributed by atoms with Crippen LogP contribution in [0.1, 0.15) is 32.0 Å². The molecule has 0 aliphatic carbocycles. The molecule has 0 spiro atoms. The SMILES string of the molecule is CC(C)(C)OC(=O)Nc1[nH]ncc1CNCc1ccc[nH]1. The molecule has 21 heavy (non-hydrogen) atoms. The number of nitrogens with one attached hydrogen (secondary N) is 4. The second-order valence-corrected chi connectivity index (χ2v) is 5.70. The normalized spacial score (nSPS) is 11.4. The van der Waals surface area contributed by atoms with Crippen molar-refractivity contribution in [2.75, 3.05) is 5.32 Å². The molecule has 7 nitrogen and oxygen atoms in total. The Morgan fingerprint density at radius 1 is 1.38 bits per heavy atom. The minimum Gasteiger partial charge on any atom is -0.444 e. The van der Waals surface area contributed by atoms with Gasteiger partial charge >= 0.3 is 6.09 Å². The molecular formula is C14H21N5O2. The van der Waals surface area contributed by atoms with E-state index in [9.17, 15) is 4.79 Å². The Hall–Kier alpha value is -2.28. The number of anilines is 1. The molecule has 2 rings (SSSR count). The molecule has 0 aliphatic heterocycles. The molecule has 114 valence electrons. The van der Waals surface area contributed by atoms with Gasteiger partial charge in [-0.3, -0.25) is 10.4 Å². The smallest absolute Gasteiger partial charge is 0.413 e. The molecule has 4 N–H and O–H groups in total. The van der Waals surface area contributed by atoms with Crippen molar-refractivity contribution in [2.24, 2.45) is 0 Å². The topological polar surface area (TPSA) is 94.8 Å². The van der Waals surface area contributed by atoms with Gasteiger partial charge in [-0.2, -0.15) is 5.10 Å². The molecule has 0 radical (unpaired) electrons. The van der Waals surface area contributed by atoms with Gasteiger partial charge in [-0.05, 0) is 32.9 Å². The highest BCUT2D eigenvalue weighted by Crippen LogP contribution is 2.13. The molecule has 7 heteroatoms. The van der Waals surface area contributed by atoms with Gasteiger partial charge in [0, 0.05) is 30.5 Å². The summed E-state index contributed by atoms with van der Waals surface area (Å²) in [5, 5.41) is 12.6. The van der Waals surface area contributed by atoms with Crippen LogP contribution in [0.5, 0.6) is 0 Å². The summed E-state index contributed by atoms with van der Waals surface area (Å²) in [6.45, 7) is 6.75. The van der Waals surface area contributed by atoms with Gasteiger partial charge < -0.3 is 15.0 Å². The van der Waals surface area contributed by atoms with Crippen LogP contribution in [0.15, 0.2) is 24.5 Å². The zero-order valence-corrected chi connectivity index (χ0v) is 12.5. The zero-order chi connectivity index (χ0) is 15.3. The lowest BCUT2D eigenvalue weighted by molar-refractivity contribution is 0.0635. The number of carbonyl (C=O) groups excluding carboxylic acids is 1. The third-order valence-electron chi connectivity index (χ3n) is 2.64. The second kappa shape index (κ2) is 6.45. The highest BCUT2D eigenvalue weighted by molar-refractivity contribution is 5.84. The van der Waals surface area contributed by atoms with E-state index in [0.717, 1.165) is 11.3 Å². The van der Waals surface area contributed by atoms with Crippen LogP contribution in [0.2, 0.25) is 0 Å². The number of nitrogens with zero attached hydrogens (tertiary/aromatic N) is 1. The lowest BCUT2D eigenvalue weighted by Crippen LogP contribution is -2.27. The van der Waals surface area contributed by atoms with Crippen molar-refractivity contribution in [3.63, 3.8) is 0 Å². The number of rotatable bonds is 5. The fraction of sp³-hybridized carbons (Fsp3) is 0.429. The Bertz CT molecular complexity index is 568. The average Bonchev–Trinajstić information content (AvgIpc) is 2.99. The first-order valence-electron chi connectivity index (χ1n) is 6.79. The van der Waals surface area contributed by atoms with Crippen molar-refractivity contribution in [3.8, 4) is 0 Å². The fourth-order valence-corrected chi connectivity index (χ4v) is 1.77. The molecule has 0 unspecified atom stereocenters. The third kappa shape index (κ3) is 4.96. The van der Waals surface area contributed by atoms with Gasteiger partial charge in [0.25, 0.3) is 0 Å². The zero-order valence-electron chi connectivity index (χ0n) is 12.5. The molecule has 0 bridgehead atoms. The van der Waals surface area contributed by atoms with Crippen molar-refractivity contribution >= 4 is 11.9 Å². The number of aromatic nitrogens is 3. The summed E-state index contributed by atoms with van der Waals surface area (Å²) < 4.78 is 5.21. The van der Waals surface area contributed by atoms with Crippen molar-refractivity contribution in [3.05, 3.63) is 35.8 Å². The van der Waals surface area contributed by atoms with Crippen LogP contribution < -0.4 is 10.6 Å². The molecular weight excluding hydrogens is 270 g/mol. The minimum atomic E-state index is -0.532. The number of aromatic amines is 2. The monoisotopic (exact) mass is 291 g/mol. The maximum absolute atomic E-state index is 11.7. The van der Waals surface area contributed by atoms with Crippen LogP contribution in [0.4, 0.5) is 10.6 Å². The standard InChI is InChI=1S/C14H21N5O2/c1-14(2,3)21-13(20)18-12-10(8-17-19-12)7-15-9-11-5-4-6-16-11/h4-6,8,15-16H,7,9H2,1-3H3,(H2,17,18,19,20). The first kappa shape index (κ1) is 15.1. The number of ether oxygens (including phenoxy) is 1. The largest absolute Gasteiger partial charge is 0.444 e. The molecule has 1 amide bonds. The molecule has 0 atom stereocenters. The number of H-pyrrole nitrogens is 2. The summed E-state index contributed by atoms with van der Waals surface area (Å²) in [5.74, 6) is 0.545. The molecule has 2 heterocycles. The van der Waals surface area contributed by atoms with E-state index < -0.39 is 11.7 Å². The van der Waals surface area contributed by atoms with E-state index in [0.29, 0.717) is 18.9 Å². The number of hydrogen-bond donors (Lipinski definition) is 4. The Morgan fingerprint density at radius 2 is 2.19 bits per heavy atom. The Morgan fingerprint density at radius 3 is 2.86 bits per heavy atom. The average molecular weight is 291 g/mol. The Labute approximate surface area is 123 Å². The Balaban J connectivity index is 1.85. The second-order valence-electron chi connectivity index (χ2n) is 5.70. The summed E-state index contributed by atoms with van der Waals surface area (Å²) in [5.41, 5.74) is 1.43. The Kier molecular flexibility index (Phi) is 4.64. The van der Waals surface area contributed by atoms with Crippen molar-refractivity contribution in [1.29, 1.82) is 0 Å². The first-order chi connectivity index (χ1) is 9.94. The molecule has 0 fully saturated rings. The molecule has 2 aromatic heterocycles. The fourth-order valence-electron chi connectivity index (χ4n) is 1.77. The van der Waals surface area contributed by atoms with Crippen LogP contribution in [0.3, 0.4) is 0 Å². The van der Waals surface area contributed by atoms with Gasteiger partial charge in [0.2, 0.25) is 0 Å². The summed E-state index contributed by atoms with van der Waals surface area (Å²) in [7, 11) is 0. The summed E-state index contributed by atoms with van der Waals surface area (Å²) in [6, 6.07) is 3.95. The lowest BCUT2D eigenvalue weighted by Gasteiger charge is -2.19. The van der Waals surface area contributed by atoms with Crippen LogP contribution in [-0.2, 0) is 17.8 Å². The van der Waals surface area contributed by atoms with Crippen LogP contribution >= 0.6 is 0 Å². The lowest BCUT2D eigenvalue weighted by atomic mass is 10.2. The van der Waals surface area contributed by atoms with E-state index in [1.165, 1.54) is 0 Å². The summed E-state index contributed by atoms with van der Waals surface area (Å²) in [6.07, 6.45) is 3.05. The number of amides is 1. The van der Waals surface area contributed by atoms with Gasteiger partial charge in [-0.25, -0.2) is 4.79 Å². The highest BCUT2D eigenvalue weighted by Gasteiger charge is 2.17. The van der Waals surface area contributed by atoms with E-state index in [1.54, 1.807) is 6.20 Å². The van der Waals surface area contributed by atoms with E-state index in [-0.39, 0.29) is 0 Å². The van der Waals surface area contributed by atoms with Crippen LogP contribution in [0, 0.1) is 0 Å². The van der Waals surface area contributed by atoms with Crippen molar-refractivity contribution in [1.82, 2.24) is 20.5 Å². The van der Waals surface area contributed by atoms with E-state index in [1.807, 2.05) is 39.1 Å². The summed E-state index contributed by atoms with van der Waals surface area (Å²) in [4.78, 5) is 14.8. The molecule has 2 aromatic rings. The van der Waals surface area contributed by atoms with E-state index in [4.69, 9.17) is 4.74 Å². The number of carbonyl (C=O) groups is 1. The molecule has 0 saturated heterocycles. The molecule has 0 aliphatic rings. The summed E-state index contributed by atoms with van der Waals surface area (Å²) >= 11 is 0. The quantitative estimate of drug-likeness (QED) is 0.680. The van der Waals surface area contributed by atoms with Crippen LogP contribution in [0.25, 0.3) is 0 Å². The van der Waals surface area contributed by atoms with Gasteiger partial charge in [-0.15, -0.1) is 0 Å². The maximum atomic E-state index is 11.7. The van der Waals surface area contributed by atoms with E-state index in [2.05, 4.69) is 25.8 Å². The highest BCUT2D eigenvalue weighted by atomic mass is 16.6. The predicted molar refractivity (Wildman–Crippen MR) is 79.8 cm³/mol.